The minimum absolute atomic E-state index is 0.895. The molecule has 0 bridgehead atoms. The summed E-state index contributed by atoms with van der Waals surface area (Å²) in [5.41, 5.74) is 15.7. The van der Waals surface area contributed by atoms with Crippen LogP contribution in [0.4, 0.5) is 17.1 Å². The second kappa shape index (κ2) is 14.7. The van der Waals surface area contributed by atoms with Gasteiger partial charge in [-0.05, 0) is 64.7 Å². The number of anilines is 3. The third-order valence-corrected chi connectivity index (χ3v) is 13.8. The lowest BCUT2D eigenvalue weighted by Crippen LogP contribution is -2.10. The SMILES string of the molecule is c1ccc(-c2cccc3c2oc2c(-c4ccc(N(c5ccc(-c6cccc7c6oc6c(-c8ccccc8)cccc67)cc5)c5cccc6sc7ccccc7c56)cc4)cccc23)cc1. The van der Waals surface area contributed by atoms with Crippen LogP contribution in [-0.2, 0) is 0 Å². The lowest BCUT2D eigenvalue weighted by molar-refractivity contribution is 0.670. The molecule has 0 unspecified atom stereocenters. The smallest absolute Gasteiger partial charge is 0.143 e. The quantitative estimate of drug-likeness (QED) is 0.160. The predicted molar refractivity (Wildman–Crippen MR) is 270 cm³/mol. The predicted octanol–water partition coefficient (Wildman–Crippen LogP) is 18.0. The van der Waals surface area contributed by atoms with Crippen molar-refractivity contribution < 1.29 is 8.83 Å². The maximum Gasteiger partial charge on any atom is 0.143 e. The van der Waals surface area contributed by atoms with Crippen LogP contribution in [0.2, 0.25) is 0 Å². The molecule has 0 radical (unpaired) electrons. The van der Waals surface area contributed by atoms with Gasteiger partial charge in [0, 0.05) is 75.3 Å². The monoisotopic (exact) mass is 835 g/mol. The van der Waals surface area contributed by atoms with Gasteiger partial charge in [0.25, 0.3) is 0 Å². The van der Waals surface area contributed by atoms with Gasteiger partial charge in [-0.25, -0.2) is 0 Å². The molecule has 300 valence electrons. The van der Waals surface area contributed by atoms with E-state index in [0.29, 0.717) is 0 Å². The minimum atomic E-state index is 0.895. The van der Waals surface area contributed by atoms with Gasteiger partial charge in [0.1, 0.15) is 22.3 Å². The molecule has 0 aliphatic rings. The standard InChI is InChI=1S/C60H37NO2S/c1-3-14-38(15-4-1)44-19-9-23-48-50-25-11-21-46(59(50)62-57(44)48)40-30-34-42(35-31-40)61(53-27-13-29-55-56(53)52-18-7-8-28-54(52)64-55)43-36-32-41(33-37-43)47-22-12-26-51-49-24-10-20-45(58(49)63-60(47)51)39-16-5-2-6-17-39/h1-37H. The molecule has 0 saturated heterocycles. The van der Waals surface area contributed by atoms with Crippen molar-refractivity contribution in [3.63, 3.8) is 0 Å². The van der Waals surface area contributed by atoms with Gasteiger partial charge in [0.15, 0.2) is 0 Å². The van der Waals surface area contributed by atoms with E-state index in [1.807, 2.05) is 11.3 Å². The topological polar surface area (TPSA) is 29.5 Å². The molecule has 0 fully saturated rings. The van der Waals surface area contributed by atoms with Gasteiger partial charge in [0.2, 0.25) is 0 Å². The lowest BCUT2D eigenvalue weighted by Gasteiger charge is -2.27. The lowest BCUT2D eigenvalue weighted by atomic mass is 9.99. The molecule has 13 rings (SSSR count). The normalized spacial score (nSPS) is 11.8. The fourth-order valence-corrected chi connectivity index (χ4v) is 10.9. The van der Waals surface area contributed by atoms with Gasteiger partial charge in [0.05, 0.1) is 5.69 Å². The van der Waals surface area contributed by atoms with E-state index < -0.39 is 0 Å². The van der Waals surface area contributed by atoms with E-state index in [0.717, 1.165) is 105 Å². The summed E-state index contributed by atoms with van der Waals surface area (Å²) in [7, 11) is 0. The number of nitrogens with zero attached hydrogens (tertiary/aromatic N) is 1. The van der Waals surface area contributed by atoms with Gasteiger partial charge >= 0.3 is 0 Å². The molecular weight excluding hydrogens is 799 g/mol. The number of rotatable bonds is 7. The second-order valence-corrected chi connectivity index (χ2v) is 17.4. The Morgan fingerprint density at radius 3 is 1.09 bits per heavy atom. The fraction of sp³-hybridized carbons (Fsp3) is 0. The fourth-order valence-electron chi connectivity index (χ4n) is 9.73. The molecule has 0 aliphatic carbocycles. The van der Waals surface area contributed by atoms with Gasteiger partial charge in [-0.2, -0.15) is 0 Å². The Kier molecular flexibility index (Phi) is 8.40. The largest absolute Gasteiger partial charge is 0.455 e. The van der Waals surface area contributed by atoms with Gasteiger partial charge < -0.3 is 13.7 Å². The molecule has 64 heavy (non-hydrogen) atoms. The number of furan rings is 2. The number of fused-ring (bicyclic) bond motifs is 9. The maximum absolute atomic E-state index is 6.82. The highest BCUT2D eigenvalue weighted by Crippen LogP contribution is 2.47. The van der Waals surface area contributed by atoms with Crippen LogP contribution in [0.1, 0.15) is 0 Å². The van der Waals surface area contributed by atoms with E-state index in [1.165, 1.54) is 20.2 Å². The Bertz CT molecular complexity index is 3680. The van der Waals surface area contributed by atoms with E-state index in [-0.39, 0.29) is 0 Å². The molecule has 0 amide bonds. The van der Waals surface area contributed by atoms with Gasteiger partial charge in [-0.1, -0.05) is 182 Å². The Morgan fingerprint density at radius 1 is 0.281 bits per heavy atom. The summed E-state index contributed by atoms with van der Waals surface area (Å²) in [5.74, 6) is 0. The molecule has 3 nitrogen and oxygen atoms in total. The van der Waals surface area contributed by atoms with Crippen molar-refractivity contribution in [2.75, 3.05) is 4.90 Å². The summed E-state index contributed by atoms with van der Waals surface area (Å²) in [6, 6.07) is 80.1. The van der Waals surface area contributed by atoms with Crippen LogP contribution in [0.5, 0.6) is 0 Å². The molecule has 10 aromatic carbocycles. The van der Waals surface area contributed by atoms with Crippen LogP contribution in [0.15, 0.2) is 233 Å². The Labute approximate surface area is 373 Å². The average Bonchev–Trinajstić information content (AvgIpc) is 4.07. The number of benzene rings is 10. The molecular formula is C60H37NO2S. The summed E-state index contributed by atoms with van der Waals surface area (Å²) >= 11 is 1.84. The number of para-hydroxylation sites is 4. The van der Waals surface area contributed by atoms with Crippen molar-refractivity contribution in [2.24, 2.45) is 0 Å². The second-order valence-electron chi connectivity index (χ2n) is 16.3. The highest BCUT2D eigenvalue weighted by molar-refractivity contribution is 7.26. The van der Waals surface area contributed by atoms with Crippen molar-refractivity contribution in [3.8, 4) is 44.5 Å². The molecule has 3 heterocycles. The first-order valence-corrected chi connectivity index (χ1v) is 22.5. The molecule has 0 N–H and O–H groups in total. The van der Waals surface area contributed by atoms with E-state index in [9.17, 15) is 0 Å². The zero-order valence-electron chi connectivity index (χ0n) is 34.5. The van der Waals surface area contributed by atoms with Crippen molar-refractivity contribution >= 4 is 92.4 Å². The summed E-state index contributed by atoms with van der Waals surface area (Å²) in [6.45, 7) is 0. The average molecular weight is 836 g/mol. The van der Waals surface area contributed by atoms with E-state index >= 15 is 0 Å². The van der Waals surface area contributed by atoms with Crippen LogP contribution < -0.4 is 4.90 Å². The van der Waals surface area contributed by atoms with Gasteiger partial charge in [-0.3, -0.25) is 0 Å². The Balaban J connectivity index is 0.936. The molecule has 4 heteroatoms. The van der Waals surface area contributed by atoms with E-state index in [1.54, 1.807) is 0 Å². The van der Waals surface area contributed by atoms with E-state index in [2.05, 4.69) is 229 Å². The van der Waals surface area contributed by atoms with Crippen LogP contribution in [0.25, 0.3) is 109 Å². The molecule has 3 aromatic heterocycles. The van der Waals surface area contributed by atoms with Crippen LogP contribution in [0, 0.1) is 0 Å². The van der Waals surface area contributed by atoms with Crippen molar-refractivity contribution in [3.05, 3.63) is 224 Å². The summed E-state index contributed by atoms with van der Waals surface area (Å²) < 4.78 is 16.2. The van der Waals surface area contributed by atoms with E-state index in [4.69, 9.17) is 8.83 Å². The van der Waals surface area contributed by atoms with Crippen LogP contribution >= 0.6 is 11.3 Å². The van der Waals surface area contributed by atoms with Crippen molar-refractivity contribution in [1.82, 2.24) is 0 Å². The third kappa shape index (κ3) is 5.81. The molecule has 0 atom stereocenters. The molecule has 0 saturated carbocycles. The number of hydrogen-bond donors (Lipinski definition) is 0. The Hall–Kier alpha value is -8.18. The third-order valence-electron chi connectivity index (χ3n) is 12.7. The highest BCUT2D eigenvalue weighted by atomic mass is 32.1. The molecule has 0 aliphatic heterocycles. The maximum atomic E-state index is 6.82. The summed E-state index contributed by atoms with van der Waals surface area (Å²) in [4.78, 5) is 2.40. The van der Waals surface area contributed by atoms with Crippen LogP contribution in [0.3, 0.4) is 0 Å². The highest BCUT2D eigenvalue weighted by Gasteiger charge is 2.21. The molecule has 13 aromatic rings. The first kappa shape index (κ1) is 36.5. The number of thiophene rings is 1. The van der Waals surface area contributed by atoms with Crippen molar-refractivity contribution in [2.45, 2.75) is 0 Å². The zero-order chi connectivity index (χ0) is 42.1. The number of hydrogen-bond acceptors (Lipinski definition) is 4. The summed E-state index contributed by atoms with van der Waals surface area (Å²) in [5, 5.41) is 6.97. The first-order chi connectivity index (χ1) is 31.7. The van der Waals surface area contributed by atoms with Crippen LogP contribution in [-0.4, -0.2) is 0 Å². The van der Waals surface area contributed by atoms with Gasteiger partial charge in [-0.15, -0.1) is 11.3 Å². The Morgan fingerprint density at radius 2 is 0.641 bits per heavy atom. The zero-order valence-corrected chi connectivity index (χ0v) is 35.4. The molecule has 0 spiro atoms. The van der Waals surface area contributed by atoms with Crippen molar-refractivity contribution in [1.29, 1.82) is 0 Å². The first-order valence-electron chi connectivity index (χ1n) is 21.7. The minimum Gasteiger partial charge on any atom is -0.455 e. The summed E-state index contributed by atoms with van der Waals surface area (Å²) in [6.07, 6.45) is 0.